The van der Waals surface area contributed by atoms with E-state index in [1.165, 1.54) is 4.31 Å². The summed E-state index contributed by atoms with van der Waals surface area (Å²) in [7, 11) is -3.50. The molecule has 138 valence electrons. The van der Waals surface area contributed by atoms with Gasteiger partial charge in [-0.3, -0.25) is 4.79 Å². The number of rotatable bonds is 4. The number of morpholine rings is 1. The molecule has 1 atom stereocenters. The van der Waals surface area contributed by atoms with E-state index in [1.807, 2.05) is 0 Å². The Labute approximate surface area is 153 Å². The van der Waals surface area contributed by atoms with Gasteiger partial charge >= 0.3 is 0 Å². The standard InChI is InChI=1S/C17H23ClN2O4S/c18-16-6-2-1-4-15(16)13-25(22,23)20-7-3-5-14(12-20)17(21)19-8-10-24-11-9-19/h1-2,4,6,14H,3,5,7-13H2. The van der Waals surface area contributed by atoms with Crippen LogP contribution in [0.15, 0.2) is 24.3 Å². The van der Waals surface area contributed by atoms with Gasteiger partial charge in [0.1, 0.15) is 0 Å². The van der Waals surface area contributed by atoms with Gasteiger partial charge in [0.25, 0.3) is 0 Å². The summed E-state index contributed by atoms with van der Waals surface area (Å²) in [6, 6.07) is 6.96. The second-order valence-electron chi connectivity index (χ2n) is 6.48. The van der Waals surface area contributed by atoms with E-state index in [0.29, 0.717) is 49.9 Å². The second kappa shape index (κ2) is 8.03. The molecule has 0 bridgehead atoms. The predicted molar refractivity (Wildman–Crippen MR) is 95.8 cm³/mol. The number of carbonyl (C=O) groups is 1. The third-order valence-corrected chi connectivity index (χ3v) is 6.91. The molecule has 25 heavy (non-hydrogen) atoms. The molecule has 0 saturated carbocycles. The summed E-state index contributed by atoms with van der Waals surface area (Å²) in [4.78, 5) is 14.5. The van der Waals surface area contributed by atoms with Crippen molar-refractivity contribution in [3.63, 3.8) is 0 Å². The number of sulfonamides is 1. The molecule has 8 heteroatoms. The molecule has 2 fully saturated rings. The lowest BCUT2D eigenvalue weighted by molar-refractivity contribution is -0.140. The van der Waals surface area contributed by atoms with E-state index < -0.39 is 10.0 Å². The minimum absolute atomic E-state index is 0.0425. The summed E-state index contributed by atoms with van der Waals surface area (Å²) in [5, 5.41) is 0.448. The number of nitrogens with zero attached hydrogens (tertiary/aromatic N) is 2. The highest BCUT2D eigenvalue weighted by Gasteiger charge is 2.34. The highest BCUT2D eigenvalue weighted by molar-refractivity contribution is 7.88. The molecule has 1 unspecified atom stereocenters. The van der Waals surface area contributed by atoms with Gasteiger partial charge in [-0.15, -0.1) is 0 Å². The maximum absolute atomic E-state index is 12.8. The lowest BCUT2D eigenvalue weighted by Gasteiger charge is -2.35. The van der Waals surface area contributed by atoms with Gasteiger partial charge in [0, 0.05) is 31.2 Å². The van der Waals surface area contributed by atoms with Gasteiger partial charge in [-0.2, -0.15) is 0 Å². The number of piperidine rings is 1. The number of hydrogen-bond acceptors (Lipinski definition) is 4. The zero-order valence-electron chi connectivity index (χ0n) is 14.1. The molecule has 0 spiro atoms. The van der Waals surface area contributed by atoms with Crippen molar-refractivity contribution in [2.24, 2.45) is 5.92 Å². The van der Waals surface area contributed by atoms with Gasteiger partial charge in [0.05, 0.1) is 24.9 Å². The van der Waals surface area contributed by atoms with Crippen LogP contribution in [0.4, 0.5) is 0 Å². The molecule has 1 aromatic carbocycles. The molecule has 2 aliphatic rings. The lowest BCUT2D eigenvalue weighted by atomic mass is 9.98. The van der Waals surface area contributed by atoms with E-state index in [-0.39, 0.29) is 24.1 Å². The Morgan fingerprint density at radius 2 is 1.92 bits per heavy atom. The Bertz CT molecular complexity index is 719. The predicted octanol–water partition coefficient (Wildman–Crippen LogP) is 1.74. The van der Waals surface area contributed by atoms with Crippen LogP contribution in [0.5, 0.6) is 0 Å². The van der Waals surface area contributed by atoms with E-state index in [1.54, 1.807) is 29.2 Å². The molecule has 2 saturated heterocycles. The van der Waals surface area contributed by atoms with Crippen LogP contribution < -0.4 is 0 Å². The van der Waals surface area contributed by atoms with E-state index in [4.69, 9.17) is 16.3 Å². The van der Waals surface area contributed by atoms with Crippen molar-refractivity contribution in [3.8, 4) is 0 Å². The number of halogens is 1. The van der Waals surface area contributed by atoms with E-state index in [0.717, 1.165) is 6.42 Å². The molecule has 0 aliphatic carbocycles. The van der Waals surface area contributed by atoms with Crippen molar-refractivity contribution in [3.05, 3.63) is 34.9 Å². The Morgan fingerprint density at radius 1 is 1.20 bits per heavy atom. The van der Waals surface area contributed by atoms with E-state index in [2.05, 4.69) is 0 Å². The first-order valence-corrected chi connectivity index (χ1v) is 10.5. The normalized spacial score (nSPS) is 22.8. The van der Waals surface area contributed by atoms with Crippen molar-refractivity contribution in [2.45, 2.75) is 18.6 Å². The fourth-order valence-corrected chi connectivity index (χ4v) is 5.27. The number of amides is 1. The van der Waals surface area contributed by atoms with E-state index >= 15 is 0 Å². The topological polar surface area (TPSA) is 66.9 Å². The van der Waals surface area contributed by atoms with Gasteiger partial charge in [-0.25, -0.2) is 12.7 Å². The Kier molecular flexibility index (Phi) is 5.99. The number of hydrogen-bond donors (Lipinski definition) is 0. The Hall–Kier alpha value is -1.15. The smallest absolute Gasteiger partial charge is 0.227 e. The van der Waals surface area contributed by atoms with Gasteiger partial charge < -0.3 is 9.64 Å². The number of carbonyl (C=O) groups excluding carboxylic acids is 1. The molecule has 6 nitrogen and oxygen atoms in total. The van der Waals surface area contributed by atoms with Crippen molar-refractivity contribution < 1.29 is 17.9 Å². The molecular formula is C17H23ClN2O4S. The van der Waals surface area contributed by atoms with Gasteiger partial charge in [-0.1, -0.05) is 29.8 Å². The van der Waals surface area contributed by atoms with Gasteiger partial charge in [0.2, 0.25) is 15.9 Å². The van der Waals surface area contributed by atoms with Crippen LogP contribution in [0, 0.1) is 5.92 Å². The summed E-state index contributed by atoms with van der Waals surface area (Å²) >= 11 is 6.09. The van der Waals surface area contributed by atoms with Crippen LogP contribution in [-0.4, -0.2) is 62.9 Å². The van der Waals surface area contributed by atoms with Crippen molar-refractivity contribution in [1.29, 1.82) is 0 Å². The first kappa shape index (κ1) is 18.6. The molecule has 0 radical (unpaired) electrons. The van der Waals surface area contributed by atoms with Crippen LogP contribution in [0.3, 0.4) is 0 Å². The fraction of sp³-hybridized carbons (Fsp3) is 0.588. The zero-order chi connectivity index (χ0) is 17.9. The molecule has 0 aromatic heterocycles. The Morgan fingerprint density at radius 3 is 2.64 bits per heavy atom. The molecule has 0 N–H and O–H groups in total. The van der Waals surface area contributed by atoms with Crippen LogP contribution in [0.25, 0.3) is 0 Å². The maximum Gasteiger partial charge on any atom is 0.227 e. The highest BCUT2D eigenvalue weighted by Crippen LogP contribution is 2.25. The first-order chi connectivity index (χ1) is 12.0. The van der Waals surface area contributed by atoms with Crippen LogP contribution in [0.2, 0.25) is 5.02 Å². The summed E-state index contributed by atoms with van der Waals surface area (Å²) < 4.78 is 32.3. The maximum atomic E-state index is 12.8. The number of ether oxygens (including phenoxy) is 1. The first-order valence-electron chi connectivity index (χ1n) is 8.55. The van der Waals surface area contributed by atoms with Crippen molar-refractivity contribution in [2.75, 3.05) is 39.4 Å². The molecule has 1 aromatic rings. The monoisotopic (exact) mass is 386 g/mol. The average molecular weight is 387 g/mol. The van der Waals surface area contributed by atoms with Crippen LogP contribution in [-0.2, 0) is 25.3 Å². The quantitative estimate of drug-likeness (QED) is 0.790. The minimum atomic E-state index is -3.50. The van der Waals surface area contributed by atoms with Crippen LogP contribution in [0.1, 0.15) is 18.4 Å². The summed E-state index contributed by atoms with van der Waals surface area (Å²) in [6.45, 7) is 2.98. The Balaban J connectivity index is 1.67. The van der Waals surface area contributed by atoms with E-state index in [9.17, 15) is 13.2 Å². The fourth-order valence-electron chi connectivity index (χ4n) is 3.34. The molecule has 3 rings (SSSR count). The second-order valence-corrected chi connectivity index (χ2v) is 8.86. The minimum Gasteiger partial charge on any atom is -0.378 e. The van der Waals surface area contributed by atoms with Crippen molar-refractivity contribution in [1.82, 2.24) is 9.21 Å². The molecule has 2 heterocycles. The third-order valence-electron chi connectivity index (χ3n) is 4.75. The SMILES string of the molecule is O=C(C1CCCN(S(=O)(=O)Cc2ccccc2Cl)C1)N1CCOCC1. The summed E-state index contributed by atoms with van der Waals surface area (Å²) in [5.74, 6) is -0.362. The highest BCUT2D eigenvalue weighted by atomic mass is 35.5. The average Bonchev–Trinajstić information content (AvgIpc) is 2.64. The molecule has 2 aliphatic heterocycles. The summed E-state index contributed by atoms with van der Waals surface area (Å²) in [6.07, 6.45) is 1.43. The van der Waals surface area contributed by atoms with Gasteiger partial charge in [0.15, 0.2) is 0 Å². The zero-order valence-corrected chi connectivity index (χ0v) is 15.6. The van der Waals surface area contributed by atoms with Crippen molar-refractivity contribution >= 4 is 27.5 Å². The van der Waals surface area contributed by atoms with Crippen LogP contribution >= 0.6 is 11.6 Å². The molecule has 1 amide bonds. The molecular weight excluding hydrogens is 364 g/mol. The lowest BCUT2D eigenvalue weighted by Crippen LogP contribution is -2.49. The number of benzene rings is 1. The third kappa shape index (κ3) is 4.53. The largest absolute Gasteiger partial charge is 0.378 e. The van der Waals surface area contributed by atoms with Gasteiger partial charge in [-0.05, 0) is 24.5 Å². The summed E-state index contributed by atoms with van der Waals surface area (Å²) in [5.41, 5.74) is 0.589.